The normalized spacial score (nSPS) is 29.8. The highest BCUT2D eigenvalue weighted by Gasteiger charge is 2.45. The van der Waals surface area contributed by atoms with Crippen LogP contribution in [0.2, 0.25) is 0 Å². The predicted molar refractivity (Wildman–Crippen MR) is 118 cm³/mol. The van der Waals surface area contributed by atoms with Crippen LogP contribution < -0.4 is 0 Å². The highest BCUT2D eigenvalue weighted by atomic mass is 16.6. The van der Waals surface area contributed by atoms with Gasteiger partial charge in [-0.1, -0.05) is 32.1 Å². The fourth-order valence-corrected chi connectivity index (χ4v) is 3.89. The van der Waals surface area contributed by atoms with Gasteiger partial charge in [-0.25, -0.2) is 14.4 Å². The van der Waals surface area contributed by atoms with Crippen molar-refractivity contribution in [1.29, 1.82) is 0 Å². The number of hydrogen-bond donors (Lipinski definition) is 1. The number of ether oxygens (including phenoxy) is 3. The van der Waals surface area contributed by atoms with Gasteiger partial charge >= 0.3 is 17.9 Å². The minimum Gasteiger partial charge on any atom is -0.472 e. The van der Waals surface area contributed by atoms with Gasteiger partial charge in [0.1, 0.15) is 24.6 Å². The number of carbonyl (C=O) groups is 3. The molecule has 0 aromatic carbocycles. The van der Waals surface area contributed by atoms with Gasteiger partial charge < -0.3 is 23.7 Å². The minimum absolute atomic E-state index is 0.214. The second kappa shape index (κ2) is 10.2. The Balaban J connectivity index is 1.90. The monoisotopic (exact) mass is 458 g/mol. The van der Waals surface area contributed by atoms with Crippen LogP contribution in [-0.2, 0) is 23.8 Å². The van der Waals surface area contributed by atoms with Gasteiger partial charge in [0.2, 0.25) is 0 Å². The van der Waals surface area contributed by atoms with E-state index in [4.69, 9.17) is 18.6 Å². The number of aliphatic hydroxyl groups excluding tert-OH is 1. The molecular formula is C25H30O8. The van der Waals surface area contributed by atoms with Gasteiger partial charge in [0.05, 0.1) is 17.7 Å². The molecule has 1 aromatic rings. The molecule has 5 atom stereocenters. The second-order valence-electron chi connectivity index (χ2n) is 8.89. The summed E-state index contributed by atoms with van der Waals surface area (Å²) in [6.45, 7) is 11.0. The Hall–Kier alpha value is -3.13. The van der Waals surface area contributed by atoms with E-state index in [-0.39, 0.29) is 17.1 Å². The van der Waals surface area contributed by atoms with Crippen molar-refractivity contribution in [3.8, 4) is 0 Å². The molecule has 1 unspecified atom stereocenters. The third-order valence-corrected chi connectivity index (χ3v) is 5.95. The van der Waals surface area contributed by atoms with Crippen LogP contribution in [0.25, 0.3) is 0 Å². The smallest absolute Gasteiger partial charge is 0.341 e. The molecule has 2 heterocycles. The zero-order valence-corrected chi connectivity index (χ0v) is 19.3. The van der Waals surface area contributed by atoms with Crippen molar-refractivity contribution in [2.24, 2.45) is 11.8 Å². The molecule has 8 nitrogen and oxygen atoms in total. The van der Waals surface area contributed by atoms with E-state index in [0.717, 1.165) is 5.57 Å². The van der Waals surface area contributed by atoms with Crippen LogP contribution in [0, 0.1) is 11.8 Å². The van der Waals surface area contributed by atoms with Crippen molar-refractivity contribution in [3.63, 3.8) is 0 Å². The molecule has 0 bridgehead atoms. The topological polar surface area (TPSA) is 112 Å². The summed E-state index contributed by atoms with van der Waals surface area (Å²) in [4.78, 5) is 37.3. The number of fused-ring (bicyclic) bond motifs is 1. The summed E-state index contributed by atoms with van der Waals surface area (Å²) in [5.74, 6) is -2.74. The fraction of sp³-hybridized carbons (Fsp3) is 0.480. The highest BCUT2D eigenvalue weighted by molar-refractivity contribution is 5.92. The molecular weight excluding hydrogens is 428 g/mol. The van der Waals surface area contributed by atoms with Crippen molar-refractivity contribution in [1.82, 2.24) is 0 Å². The first-order chi connectivity index (χ1) is 15.6. The molecule has 3 rings (SSSR count). The van der Waals surface area contributed by atoms with Crippen LogP contribution in [0.5, 0.6) is 0 Å². The van der Waals surface area contributed by atoms with Crippen LogP contribution in [0.4, 0.5) is 0 Å². The summed E-state index contributed by atoms with van der Waals surface area (Å²) in [7, 11) is 0. The lowest BCUT2D eigenvalue weighted by Crippen LogP contribution is -2.35. The average molecular weight is 459 g/mol. The largest absolute Gasteiger partial charge is 0.472 e. The van der Waals surface area contributed by atoms with Crippen molar-refractivity contribution < 1.29 is 38.1 Å². The molecule has 0 radical (unpaired) electrons. The molecule has 33 heavy (non-hydrogen) atoms. The van der Waals surface area contributed by atoms with Gasteiger partial charge in [0.25, 0.3) is 0 Å². The van der Waals surface area contributed by atoms with E-state index < -0.39 is 48.2 Å². The first kappa shape index (κ1) is 24.5. The third-order valence-electron chi connectivity index (χ3n) is 5.95. The van der Waals surface area contributed by atoms with E-state index in [9.17, 15) is 19.5 Å². The summed E-state index contributed by atoms with van der Waals surface area (Å²) >= 11 is 0. The van der Waals surface area contributed by atoms with Crippen LogP contribution in [0.1, 0.15) is 50.9 Å². The molecule has 0 saturated carbocycles. The molecule has 1 saturated heterocycles. The Morgan fingerprint density at radius 1 is 1.24 bits per heavy atom. The van der Waals surface area contributed by atoms with Crippen molar-refractivity contribution in [2.75, 3.05) is 0 Å². The summed E-state index contributed by atoms with van der Waals surface area (Å²) in [6, 6.07) is 1.50. The summed E-state index contributed by atoms with van der Waals surface area (Å²) in [6.07, 6.45) is 3.66. The van der Waals surface area contributed by atoms with Gasteiger partial charge in [0, 0.05) is 18.4 Å². The van der Waals surface area contributed by atoms with Gasteiger partial charge in [0.15, 0.2) is 6.10 Å². The Morgan fingerprint density at radius 3 is 2.61 bits per heavy atom. The lowest BCUT2D eigenvalue weighted by molar-refractivity contribution is -0.159. The van der Waals surface area contributed by atoms with Crippen LogP contribution in [0.15, 0.2) is 58.5 Å². The van der Waals surface area contributed by atoms with Gasteiger partial charge in [-0.15, -0.1) is 0 Å². The summed E-state index contributed by atoms with van der Waals surface area (Å²) < 4.78 is 21.8. The maximum absolute atomic E-state index is 12.6. The molecule has 1 aromatic heterocycles. The molecule has 1 aliphatic carbocycles. The summed E-state index contributed by atoms with van der Waals surface area (Å²) in [5.41, 5.74) is 2.02. The Kier molecular flexibility index (Phi) is 7.58. The number of rotatable bonds is 5. The molecule has 0 amide bonds. The fourth-order valence-electron chi connectivity index (χ4n) is 3.89. The van der Waals surface area contributed by atoms with E-state index in [1.807, 2.05) is 13.0 Å². The Labute approximate surface area is 192 Å². The zero-order chi connectivity index (χ0) is 24.3. The lowest BCUT2D eigenvalue weighted by Gasteiger charge is -2.28. The molecule has 8 heteroatoms. The molecule has 1 aliphatic heterocycles. The van der Waals surface area contributed by atoms with Crippen molar-refractivity contribution in [3.05, 3.63) is 59.6 Å². The number of furan rings is 1. The van der Waals surface area contributed by atoms with Gasteiger partial charge in [-0.05, 0) is 37.5 Å². The van der Waals surface area contributed by atoms with Crippen molar-refractivity contribution in [2.45, 2.75) is 65.0 Å². The Morgan fingerprint density at radius 2 is 1.97 bits per heavy atom. The summed E-state index contributed by atoms with van der Waals surface area (Å²) in [5, 5.41) is 10.1. The number of hydrogen-bond acceptors (Lipinski definition) is 8. The zero-order valence-electron chi connectivity index (χ0n) is 19.3. The van der Waals surface area contributed by atoms with Crippen LogP contribution in [0.3, 0.4) is 0 Å². The minimum atomic E-state index is -1.23. The number of aliphatic hydroxyl groups is 1. The van der Waals surface area contributed by atoms with E-state index in [2.05, 4.69) is 6.58 Å². The third kappa shape index (κ3) is 5.63. The van der Waals surface area contributed by atoms with E-state index in [1.54, 1.807) is 26.8 Å². The number of carbonyl (C=O) groups excluding carboxylic acids is 3. The van der Waals surface area contributed by atoms with E-state index in [1.165, 1.54) is 18.6 Å². The maximum atomic E-state index is 12.6. The average Bonchev–Trinajstić information content (AvgIpc) is 3.38. The van der Waals surface area contributed by atoms with Gasteiger partial charge in [-0.3, -0.25) is 0 Å². The van der Waals surface area contributed by atoms with Crippen LogP contribution in [-0.4, -0.2) is 47.4 Å². The first-order valence-corrected chi connectivity index (χ1v) is 10.9. The molecule has 2 aliphatic rings. The number of esters is 3. The molecule has 1 N–H and O–H groups in total. The quantitative estimate of drug-likeness (QED) is 0.309. The standard InChI is InChI=1S/C25H30O8/c1-13(2)22(26)25(29)31-18-7-6-14(3)10-19(33-24(28)17-8-9-30-12-17)21-16(5)23(27)32-20(21)11-15(18)4/h6,8-9,11-13,18-22,26H,5,7,10H2,1-4H3/b14-6+,15-11-/t18-,19+,20+,21+,22?/m0/s1. The molecule has 0 spiro atoms. The first-order valence-electron chi connectivity index (χ1n) is 10.9. The second-order valence-corrected chi connectivity index (χ2v) is 8.89. The maximum Gasteiger partial charge on any atom is 0.341 e. The lowest BCUT2D eigenvalue weighted by atomic mass is 9.85. The highest BCUT2D eigenvalue weighted by Crippen LogP contribution is 2.37. The van der Waals surface area contributed by atoms with Crippen molar-refractivity contribution >= 4 is 17.9 Å². The molecule has 1 fully saturated rings. The van der Waals surface area contributed by atoms with E-state index in [0.29, 0.717) is 18.4 Å². The van der Waals surface area contributed by atoms with Crippen LogP contribution >= 0.6 is 0 Å². The predicted octanol–water partition coefficient (Wildman–Crippen LogP) is 3.52. The Bertz CT molecular complexity index is 969. The van der Waals surface area contributed by atoms with E-state index >= 15 is 0 Å². The SMILES string of the molecule is C=C1C(=O)O[C@@H]2/C=C(/C)[C@@H](OC(=O)C(O)C(C)C)C/C=C(\C)C[C@@H](OC(=O)c3ccoc3)[C@@H]12. The molecule has 178 valence electrons. The van der Waals surface area contributed by atoms with Gasteiger partial charge in [-0.2, -0.15) is 0 Å².